The maximum absolute atomic E-state index is 5.49. The van der Waals surface area contributed by atoms with Gasteiger partial charge < -0.3 is 9.73 Å². The summed E-state index contributed by atoms with van der Waals surface area (Å²) in [7, 11) is 1.90. The second-order valence-corrected chi connectivity index (χ2v) is 3.69. The fraction of sp³-hybridized carbons (Fsp3) is 0.308. The van der Waals surface area contributed by atoms with Crippen molar-refractivity contribution in [1.82, 2.24) is 10.3 Å². The number of oxazole rings is 1. The third-order valence-corrected chi connectivity index (χ3v) is 2.54. The Morgan fingerprint density at radius 1 is 1.31 bits per heavy atom. The van der Waals surface area contributed by atoms with Crippen LogP contribution in [0.3, 0.4) is 0 Å². The van der Waals surface area contributed by atoms with Gasteiger partial charge in [-0.15, -0.1) is 0 Å². The molecule has 16 heavy (non-hydrogen) atoms. The summed E-state index contributed by atoms with van der Waals surface area (Å²) < 4.78 is 5.49. The van der Waals surface area contributed by atoms with Crippen molar-refractivity contribution in [3.63, 3.8) is 0 Å². The molecule has 3 heteroatoms. The molecule has 0 aliphatic heterocycles. The summed E-state index contributed by atoms with van der Waals surface area (Å²) in [5.74, 6) is 0.711. The Bertz CT molecular complexity index is 462. The van der Waals surface area contributed by atoms with E-state index >= 15 is 0 Å². The second-order valence-electron chi connectivity index (χ2n) is 3.69. The molecule has 0 spiro atoms. The third-order valence-electron chi connectivity index (χ3n) is 2.54. The Labute approximate surface area is 95.5 Å². The topological polar surface area (TPSA) is 38.1 Å². The minimum Gasteiger partial charge on any atom is -0.444 e. The summed E-state index contributed by atoms with van der Waals surface area (Å²) in [4.78, 5) is 4.45. The minimum absolute atomic E-state index is 0.711. The molecule has 84 valence electrons. The molecule has 0 amide bonds. The van der Waals surface area contributed by atoms with Crippen LogP contribution < -0.4 is 5.32 Å². The first-order chi connectivity index (χ1) is 7.85. The zero-order valence-electron chi connectivity index (χ0n) is 9.66. The van der Waals surface area contributed by atoms with Crippen molar-refractivity contribution in [3.05, 3.63) is 41.8 Å². The smallest absolute Gasteiger partial charge is 0.226 e. The molecule has 0 atom stereocenters. The van der Waals surface area contributed by atoms with E-state index in [1.807, 2.05) is 25.2 Å². The number of benzene rings is 1. The Balaban J connectivity index is 2.34. The van der Waals surface area contributed by atoms with Crippen molar-refractivity contribution in [1.29, 1.82) is 0 Å². The van der Waals surface area contributed by atoms with E-state index < -0.39 is 0 Å². The fourth-order valence-corrected chi connectivity index (χ4v) is 1.73. The van der Waals surface area contributed by atoms with Crippen LogP contribution in [0.4, 0.5) is 0 Å². The average molecular weight is 216 g/mol. The average Bonchev–Trinajstić information content (AvgIpc) is 2.78. The summed E-state index contributed by atoms with van der Waals surface area (Å²) in [5.41, 5.74) is 3.29. The predicted molar refractivity (Wildman–Crippen MR) is 64.1 cm³/mol. The number of nitrogens with zero attached hydrogens (tertiary/aromatic N) is 1. The number of aromatic nitrogens is 1. The first kappa shape index (κ1) is 10.9. The molecule has 2 rings (SSSR count). The van der Waals surface area contributed by atoms with E-state index in [0.29, 0.717) is 5.89 Å². The van der Waals surface area contributed by atoms with E-state index in [9.17, 15) is 0 Å². The molecule has 0 bridgehead atoms. The standard InChI is InChI=1S/C13H16N2O/c1-3-10-6-4-5-7-12(10)13-15-11(8-14-2)9-16-13/h4-7,9,14H,3,8H2,1-2H3. The molecular formula is C13H16N2O. The van der Waals surface area contributed by atoms with Gasteiger partial charge in [-0.2, -0.15) is 0 Å². The van der Waals surface area contributed by atoms with Gasteiger partial charge in [-0.25, -0.2) is 4.98 Å². The van der Waals surface area contributed by atoms with Gasteiger partial charge in [0, 0.05) is 12.1 Å². The summed E-state index contributed by atoms with van der Waals surface area (Å²) >= 11 is 0. The largest absolute Gasteiger partial charge is 0.444 e. The second kappa shape index (κ2) is 4.94. The maximum atomic E-state index is 5.49. The van der Waals surface area contributed by atoms with Crippen molar-refractivity contribution in [2.75, 3.05) is 7.05 Å². The van der Waals surface area contributed by atoms with Crippen molar-refractivity contribution in [3.8, 4) is 11.5 Å². The van der Waals surface area contributed by atoms with Gasteiger partial charge in [0.15, 0.2) is 0 Å². The van der Waals surface area contributed by atoms with Crippen molar-refractivity contribution in [2.45, 2.75) is 19.9 Å². The highest BCUT2D eigenvalue weighted by atomic mass is 16.3. The van der Waals surface area contributed by atoms with Gasteiger partial charge in [0.25, 0.3) is 0 Å². The first-order valence-electron chi connectivity index (χ1n) is 5.52. The number of aryl methyl sites for hydroxylation is 1. The molecule has 1 heterocycles. The van der Waals surface area contributed by atoms with Crippen molar-refractivity contribution >= 4 is 0 Å². The SMILES string of the molecule is CCc1ccccc1-c1nc(CNC)co1. The molecule has 3 nitrogen and oxygen atoms in total. The van der Waals surface area contributed by atoms with Crippen LogP contribution >= 0.6 is 0 Å². The summed E-state index contributed by atoms with van der Waals surface area (Å²) in [6.45, 7) is 2.87. The van der Waals surface area contributed by atoms with Crippen LogP contribution in [-0.2, 0) is 13.0 Å². The van der Waals surface area contributed by atoms with Gasteiger partial charge in [-0.05, 0) is 25.1 Å². The minimum atomic E-state index is 0.711. The number of rotatable bonds is 4. The Kier molecular flexibility index (Phi) is 3.37. The molecule has 0 radical (unpaired) electrons. The number of nitrogens with one attached hydrogen (secondary N) is 1. The summed E-state index contributed by atoms with van der Waals surface area (Å²) in [5, 5.41) is 3.05. The van der Waals surface area contributed by atoms with Crippen LogP contribution in [0.5, 0.6) is 0 Å². The molecule has 1 aromatic heterocycles. The zero-order valence-corrected chi connectivity index (χ0v) is 9.66. The van der Waals surface area contributed by atoms with Crippen molar-refractivity contribution < 1.29 is 4.42 Å². The van der Waals surface area contributed by atoms with E-state index in [4.69, 9.17) is 4.42 Å². The van der Waals surface area contributed by atoms with Gasteiger partial charge in [0.1, 0.15) is 6.26 Å². The van der Waals surface area contributed by atoms with E-state index in [1.165, 1.54) is 5.56 Å². The first-order valence-corrected chi connectivity index (χ1v) is 5.52. The van der Waals surface area contributed by atoms with E-state index in [-0.39, 0.29) is 0 Å². The molecule has 0 fully saturated rings. The monoisotopic (exact) mass is 216 g/mol. The third kappa shape index (κ3) is 2.14. The molecule has 0 saturated carbocycles. The van der Waals surface area contributed by atoms with Crippen LogP contribution in [0.1, 0.15) is 18.2 Å². The molecule has 0 saturated heterocycles. The lowest BCUT2D eigenvalue weighted by Gasteiger charge is -2.02. The zero-order chi connectivity index (χ0) is 11.4. The van der Waals surface area contributed by atoms with Gasteiger partial charge in [-0.1, -0.05) is 25.1 Å². The predicted octanol–water partition coefficient (Wildman–Crippen LogP) is 2.62. The molecule has 1 aromatic carbocycles. The highest BCUT2D eigenvalue weighted by Crippen LogP contribution is 2.23. The molecule has 0 aliphatic rings. The van der Waals surface area contributed by atoms with Crippen LogP contribution in [0, 0.1) is 0 Å². The Morgan fingerprint density at radius 3 is 2.88 bits per heavy atom. The molecule has 1 N–H and O–H groups in total. The van der Waals surface area contributed by atoms with Crippen molar-refractivity contribution in [2.24, 2.45) is 0 Å². The van der Waals surface area contributed by atoms with Gasteiger partial charge >= 0.3 is 0 Å². The molecule has 2 aromatic rings. The van der Waals surface area contributed by atoms with Gasteiger partial charge in [0.2, 0.25) is 5.89 Å². The highest BCUT2D eigenvalue weighted by Gasteiger charge is 2.09. The Hall–Kier alpha value is -1.61. The normalized spacial score (nSPS) is 10.6. The van der Waals surface area contributed by atoms with Crippen LogP contribution in [-0.4, -0.2) is 12.0 Å². The Morgan fingerprint density at radius 2 is 2.12 bits per heavy atom. The lowest BCUT2D eigenvalue weighted by molar-refractivity contribution is 0.571. The number of hydrogen-bond donors (Lipinski definition) is 1. The van der Waals surface area contributed by atoms with Crippen LogP contribution in [0.2, 0.25) is 0 Å². The number of hydrogen-bond acceptors (Lipinski definition) is 3. The van der Waals surface area contributed by atoms with Gasteiger partial charge in [-0.3, -0.25) is 0 Å². The molecule has 0 aliphatic carbocycles. The van der Waals surface area contributed by atoms with Crippen LogP contribution in [0.25, 0.3) is 11.5 Å². The van der Waals surface area contributed by atoms with E-state index in [0.717, 1.165) is 24.2 Å². The van der Waals surface area contributed by atoms with Gasteiger partial charge in [0.05, 0.1) is 5.69 Å². The summed E-state index contributed by atoms with van der Waals surface area (Å²) in [6.07, 6.45) is 2.69. The lowest BCUT2D eigenvalue weighted by atomic mass is 10.1. The highest BCUT2D eigenvalue weighted by molar-refractivity contribution is 5.58. The maximum Gasteiger partial charge on any atom is 0.226 e. The fourth-order valence-electron chi connectivity index (χ4n) is 1.73. The van der Waals surface area contributed by atoms with E-state index in [1.54, 1.807) is 6.26 Å². The summed E-state index contributed by atoms with van der Waals surface area (Å²) in [6, 6.07) is 8.21. The molecular weight excluding hydrogens is 200 g/mol. The lowest BCUT2D eigenvalue weighted by Crippen LogP contribution is -2.04. The van der Waals surface area contributed by atoms with Crippen LogP contribution in [0.15, 0.2) is 34.9 Å². The van der Waals surface area contributed by atoms with E-state index in [2.05, 4.69) is 23.3 Å². The quantitative estimate of drug-likeness (QED) is 0.853. The molecule has 0 unspecified atom stereocenters.